The first-order valence-corrected chi connectivity index (χ1v) is 6.96. The van der Waals surface area contributed by atoms with Gasteiger partial charge in [-0.05, 0) is 18.9 Å². The minimum atomic E-state index is -0.438. The van der Waals surface area contributed by atoms with Gasteiger partial charge in [0.05, 0.1) is 0 Å². The van der Waals surface area contributed by atoms with Gasteiger partial charge in [-0.1, -0.05) is 31.2 Å². The van der Waals surface area contributed by atoms with Gasteiger partial charge >= 0.3 is 5.69 Å². The van der Waals surface area contributed by atoms with E-state index >= 15 is 0 Å². The molecule has 0 amide bonds. The largest absolute Gasteiger partial charge is 0.332 e. The highest BCUT2D eigenvalue weighted by Gasteiger charge is 2.14. The summed E-state index contributed by atoms with van der Waals surface area (Å²) in [7, 11) is 0. The van der Waals surface area contributed by atoms with Crippen molar-refractivity contribution < 1.29 is 0 Å². The molecule has 6 nitrogen and oxygen atoms in total. The standard InChI is InChI=1S/C15H16N4O2/c1-3-9-7-5-6-8-10(9)12-16-11-13(17-12)19(4-2)15(21)18-14(11)20/h5-8H,3-4H2,1-2H3,(H,16,17)(H,18,20,21). The summed E-state index contributed by atoms with van der Waals surface area (Å²) in [6.45, 7) is 4.36. The number of nitrogens with zero attached hydrogens (tertiary/aromatic N) is 2. The van der Waals surface area contributed by atoms with Crippen molar-refractivity contribution >= 4 is 11.2 Å². The number of hydrogen-bond acceptors (Lipinski definition) is 3. The Morgan fingerprint density at radius 3 is 2.62 bits per heavy atom. The Hall–Kier alpha value is -2.63. The molecular weight excluding hydrogens is 268 g/mol. The molecule has 2 heterocycles. The van der Waals surface area contributed by atoms with E-state index in [0.717, 1.165) is 17.5 Å². The van der Waals surface area contributed by atoms with Crippen LogP contribution in [0.25, 0.3) is 22.6 Å². The summed E-state index contributed by atoms with van der Waals surface area (Å²) in [5, 5.41) is 0. The molecule has 21 heavy (non-hydrogen) atoms. The van der Waals surface area contributed by atoms with Crippen molar-refractivity contribution in [1.29, 1.82) is 0 Å². The number of nitrogens with one attached hydrogen (secondary N) is 2. The summed E-state index contributed by atoms with van der Waals surface area (Å²) < 4.78 is 1.45. The third kappa shape index (κ3) is 2.08. The molecule has 3 aromatic rings. The van der Waals surface area contributed by atoms with Gasteiger partial charge in [-0.2, -0.15) is 0 Å². The van der Waals surface area contributed by atoms with E-state index in [4.69, 9.17) is 0 Å². The lowest BCUT2D eigenvalue weighted by Gasteiger charge is -2.03. The van der Waals surface area contributed by atoms with Crippen LogP contribution in [0.4, 0.5) is 0 Å². The minimum Gasteiger partial charge on any atom is -0.332 e. The quantitative estimate of drug-likeness (QED) is 0.767. The number of benzene rings is 1. The Balaban J connectivity index is 2.34. The molecule has 0 atom stereocenters. The van der Waals surface area contributed by atoms with Gasteiger partial charge in [0.25, 0.3) is 5.56 Å². The van der Waals surface area contributed by atoms with Crippen molar-refractivity contribution in [1.82, 2.24) is 19.5 Å². The summed E-state index contributed by atoms with van der Waals surface area (Å²) >= 11 is 0. The summed E-state index contributed by atoms with van der Waals surface area (Å²) in [5.41, 5.74) is 1.94. The normalized spacial score (nSPS) is 11.1. The van der Waals surface area contributed by atoms with Crippen LogP contribution in [-0.4, -0.2) is 19.5 Å². The molecule has 0 aliphatic rings. The van der Waals surface area contributed by atoms with E-state index in [0.29, 0.717) is 23.5 Å². The maximum Gasteiger partial charge on any atom is 0.330 e. The molecule has 0 fully saturated rings. The lowest BCUT2D eigenvalue weighted by atomic mass is 10.1. The van der Waals surface area contributed by atoms with Gasteiger partial charge in [0.1, 0.15) is 11.3 Å². The highest BCUT2D eigenvalue weighted by molar-refractivity contribution is 5.76. The molecule has 2 N–H and O–H groups in total. The maximum absolute atomic E-state index is 11.9. The number of rotatable bonds is 3. The van der Waals surface area contributed by atoms with E-state index in [2.05, 4.69) is 21.9 Å². The Morgan fingerprint density at radius 1 is 1.14 bits per heavy atom. The Morgan fingerprint density at radius 2 is 1.90 bits per heavy atom. The highest BCUT2D eigenvalue weighted by atomic mass is 16.2. The number of hydrogen-bond donors (Lipinski definition) is 2. The van der Waals surface area contributed by atoms with Crippen molar-refractivity contribution in [3.05, 3.63) is 50.7 Å². The summed E-state index contributed by atoms with van der Waals surface area (Å²) in [6.07, 6.45) is 0.865. The molecule has 6 heteroatoms. The Bertz CT molecular complexity index is 917. The molecule has 0 saturated heterocycles. The second kappa shape index (κ2) is 5.05. The lowest BCUT2D eigenvalue weighted by molar-refractivity contribution is 0.720. The third-order valence-corrected chi connectivity index (χ3v) is 3.60. The number of H-pyrrole nitrogens is 2. The van der Waals surface area contributed by atoms with Crippen LogP contribution in [0.5, 0.6) is 0 Å². The van der Waals surface area contributed by atoms with Crippen LogP contribution in [0.15, 0.2) is 33.9 Å². The van der Waals surface area contributed by atoms with E-state index < -0.39 is 11.2 Å². The molecular formula is C15H16N4O2. The first-order valence-electron chi connectivity index (χ1n) is 6.96. The highest BCUT2D eigenvalue weighted by Crippen LogP contribution is 2.22. The van der Waals surface area contributed by atoms with Crippen molar-refractivity contribution in [2.24, 2.45) is 0 Å². The monoisotopic (exact) mass is 284 g/mol. The second-order valence-corrected chi connectivity index (χ2v) is 4.80. The van der Waals surface area contributed by atoms with E-state index in [9.17, 15) is 9.59 Å². The molecule has 0 saturated carbocycles. The molecule has 0 aliphatic carbocycles. The summed E-state index contributed by atoms with van der Waals surface area (Å²) in [4.78, 5) is 33.6. The van der Waals surface area contributed by atoms with Gasteiger partial charge in [-0.15, -0.1) is 0 Å². The van der Waals surface area contributed by atoms with Crippen molar-refractivity contribution in [3.63, 3.8) is 0 Å². The Labute approximate surface area is 120 Å². The average Bonchev–Trinajstić information content (AvgIpc) is 2.93. The van der Waals surface area contributed by atoms with Crippen molar-refractivity contribution in [3.8, 4) is 11.4 Å². The molecule has 0 spiro atoms. The van der Waals surface area contributed by atoms with Crippen LogP contribution in [-0.2, 0) is 13.0 Å². The van der Waals surface area contributed by atoms with Crippen LogP contribution in [0.2, 0.25) is 0 Å². The smallest absolute Gasteiger partial charge is 0.330 e. The van der Waals surface area contributed by atoms with E-state index in [1.807, 2.05) is 31.2 Å². The SMILES string of the molecule is CCc1ccccc1-c1nc2c([nH]1)c(=O)[nH]c(=O)n2CC. The predicted octanol–water partition coefficient (Wildman–Crippen LogP) is 1.66. The van der Waals surface area contributed by atoms with Crippen LogP contribution in [0.3, 0.4) is 0 Å². The van der Waals surface area contributed by atoms with Crippen molar-refractivity contribution in [2.75, 3.05) is 0 Å². The zero-order valence-corrected chi connectivity index (χ0v) is 11.9. The number of aromatic nitrogens is 4. The molecule has 0 unspecified atom stereocenters. The average molecular weight is 284 g/mol. The molecule has 0 aliphatic heterocycles. The number of imidazole rings is 1. The van der Waals surface area contributed by atoms with E-state index in [1.54, 1.807) is 0 Å². The zero-order valence-electron chi connectivity index (χ0n) is 11.9. The van der Waals surface area contributed by atoms with Gasteiger partial charge in [0, 0.05) is 12.1 Å². The summed E-state index contributed by atoms with van der Waals surface area (Å²) in [5.74, 6) is 0.612. The first kappa shape index (κ1) is 13.4. The predicted molar refractivity (Wildman–Crippen MR) is 81.5 cm³/mol. The van der Waals surface area contributed by atoms with E-state index in [1.165, 1.54) is 4.57 Å². The maximum atomic E-state index is 11.9. The first-order chi connectivity index (χ1) is 10.2. The minimum absolute atomic E-state index is 0.331. The van der Waals surface area contributed by atoms with Gasteiger partial charge in [0.15, 0.2) is 5.65 Å². The number of fused-ring (bicyclic) bond motifs is 1. The van der Waals surface area contributed by atoms with Gasteiger partial charge in [-0.3, -0.25) is 14.3 Å². The van der Waals surface area contributed by atoms with Gasteiger partial charge < -0.3 is 4.98 Å². The van der Waals surface area contributed by atoms with Crippen molar-refractivity contribution in [2.45, 2.75) is 26.8 Å². The fourth-order valence-corrected chi connectivity index (χ4v) is 2.52. The second-order valence-electron chi connectivity index (χ2n) is 4.80. The molecule has 0 bridgehead atoms. The zero-order chi connectivity index (χ0) is 15.0. The third-order valence-electron chi connectivity index (χ3n) is 3.60. The molecule has 0 radical (unpaired) electrons. The van der Waals surface area contributed by atoms with Crippen LogP contribution in [0.1, 0.15) is 19.4 Å². The molecule has 3 rings (SSSR count). The number of aryl methyl sites for hydroxylation is 2. The fraction of sp³-hybridized carbons (Fsp3) is 0.267. The van der Waals surface area contributed by atoms with Gasteiger partial charge in [0.2, 0.25) is 0 Å². The van der Waals surface area contributed by atoms with Crippen LogP contribution in [0, 0.1) is 0 Å². The lowest BCUT2D eigenvalue weighted by Crippen LogP contribution is -2.29. The van der Waals surface area contributed by atoms with Gasteiger partial charge in [-0.25, -0.2) is 9.78 Å². The Kier molecular flexibility index (Phi) is 3.21. The molecule has 2 aromatic heterocycles. The summed E-state index contributed by atoms with van der Waals surface area (Å²) in [6, 6.07) is 7.89. The van der Waals surface area contributed by atoms with E-state index in [-0.39, 0.29) is 0 Å². The topological polar surface area (TPSA) is 83.5 Å². The molecule has 108 valence electrons. The van der Waals surface area contributed by atoms with Crippen LogP contribution < -0.4 is 11.2 Å². The van der Waals surface area contributed by atoms with Crippen LogP contribution >= 0.6 is 0 Å². The number of aromatic amines is 2. The fourth-order valence-electron chi connectivity index (χ4n) is 2.52. The molecule has 1 aromatic carbocycles.